The van der Waals surface area contributed by atoms with E-state index in [2.05, 4.69) is 23.2 Å². The van der Waals surface area contributed by atoms with Crippen molar-refractivity contribution in [2.75, 3.05) is 0 Å². The summed E-state index contributed by atoms with van der Waals surface area (Å²) in [6.45, 7) is 8.00. The van der Waals surface area contributed by atoms with Crippen LogP contribution in [0.1, 0.15) is 39.7 Å². The normalized spacial score (nSPS) is 11.4. The molecule has 1 aromatic carbocycles. The maximum absolute atomic E-state index is 4.27. The van der Waals surface area contributed by atoms with Crippen LogP contribution in [0, 0.1) is 0 Å². The molecule has 0 radical (unpaired) electrons. The van der Waals surface area contributed by atoms with Crippen LogP contribution in [0.2, 0.25) is 0 Å². The second kappa shape index (κ2) is 8.49. The van der Waals surface area contributed by atoms with Gasteiger partial charge in [-0.05, 0) is 24.5 Å². The second-order valence-electron chi connectivity index (χ2n) is 2.48. The number of nitrogens with zero attached hydrogens (tertiary/aromatic N) is 1. The Labute approximate surface area is 87.9 Å². The Morgan fingerprint density at radius 2 is 1.64 bits per heavy atom. The lowest BCUT2D eigenvalue weighted by Gasteiger charge is -2.07. The smallest absolute Gasteiger partial charge is 0.0657 e. The van der Waals surface area contributed by atoms with Crippen molar-refractivity contribution >= 4 is 11.9 Å². The lowest BCUT2D eigenvalue weighted by Crippen LogP contribution is -1.91. The molecule has 0 atom stereocenters. The maximum Gasteiger partial charge on any atom is 0.0657 e. The molecule has 0 N–H and O–H groups in total. The Hall–Kier alpha value is -1.11. The number of benzene rings is 1. The molecule has 1 aromatic rings. The van der Waals surface area contributed by atoms with Crippen LogP contribution in [-0.4, -0.2) is 6.21 Å². The zero-order chi connectivity index (χ0) is 10.8. The van der Waals surface area contributed by atoms with E-state index in [1.807, 2.05) is 40.0 Å². The van der Waals surface area contributed by atoms with Gasteiger partial charge in [0.1, 0.15) is 0 Å². The average Bonchev–Trinajstić information content (AvgIpc) is 2.34. The van der Waals surface area contributed by atoms with Crippen LogP contribution in [-0.2, 0) is 6.42 Å². The zero-order valence-corrected chi connectivity index (χ0v) is 9.75. The van der Waals surface area contributed by atoms with Gasteiger partial charge in [-0.15, -0.1) is 0 Å². The first-order valence-electron chi connectivity index (χ1n) is 5.57. The van der Waals surface area contributed by atoms with Crippen LogP contribution in [0.15, 0.2) is 29.3 Å². The van der Waals surface area contributed by atoms with Gasteiger partial charge in [-0.3, -0.25) is 4.99 Å². The van der Waals surface area contributed by atoms with E-state index < -0.39 is 0 Å². The molecule has 1 nitrogen and oxygen atoms in total. The number of aliphatic imine (C=N–C) groups is 1. The average molecular weight is 191 g/mol. The van der Waals surface area contributed by atoms with Gasteiger partial charge in [-0.1, -0.05) is 45.9 Å². The minimum Gasteiger partial charge on any atom is -0.261 e. The molecule has 1 heteroatoms. The summed E-state index contributed by atoms with van der Waals surface area (Å²) < 4.78 is 0. The molecule has 0 spiro atoms. The summed E-state index contributed by atoms with van der Waals surface area (Å²) in [6.07, 6.45) is 4.24. The molecule has 0 amide bonds. The van der Waals surface area contributed by atoms with Crippen molar-refractivity contribution in [2.45, 2.75) is 40.5 Å². The fourth-order valence-electron chi connectivity index (χ4n) is 1.23. The van der Waals surface area contributed by atoms with Crippen molar-refractivity contribution in [1.29, 1.82) is 0 Å². The van der Waals surface area contributed by atoms with E-state index in [4.69, 9.17) is 0 Å². The molecule has 78 valence electrons. The van der Waals surface area contributed by atoms with E-state index in [0.717, 1.165) is 18.5 Å². The van der Waals surface area contributed by atoms with E-state index >= 15 is 0 Å². The summed E-state index contributed by atoms with van der Waals surface area (Å²) in [5.74, 6) is 0. The fourth-order valence-corrected chi connectivity index (χ4v) is 1.23. The second-order valence-corrected chi connectivity index (χ2v) is 2.48. The van der Waals surface area contributed by atoms with Crippen LogP contribution < -0.4 is 0 Å². The van der Waals surface area contributed by atoms with E-state index in [1.165, 1.54) is 5.56 Å². The molecule has 1 heterocycles. The topological polar surface area (TPSA) is 12.4 Å². The van der Waals surface area contributed by atoms with Crippen LogP contribution in [0.3, 0.4) is 0 Å². The summed E-state index contributed by atoms with van der Waals surface area (Å²) in [5.41, 5.74) is 2.53. The third kappa shape index (κ3) is 3.73. The number of hydrogen-bond donors (Lipinski definition) is 0. The van der Waals surface area contributed by atoms with Gasteiger partial charge < -0.3 is 0 Å². The Kier molecular flexibility index (Phi) is 7.81. The first-order valence-corrected chi connectivity index (χ1v) is 5.57. The van der Waals surface area contributed by atoms with Crippen molar-refractivity contribution in [2.24, 2.45) is 4.99 Å². The van der Waals surface area contributed by atoms with Crippen molar-refractivity contribution in [3.63, 3.8) is 0 Å². The Bertz CT molecular complexity index is 264. The third-order valence-corrected chi connectivity index (χ3v) is 1.76. The summed E-state index contributed by atoms with van der Waals surface area (Å²) in [4.78, 5) is 4.27. The summed E-state index contributed by atoms with van der Waals surface area (Å²) >= 11 is 0. The molecule has 0 bridgehead atoms. The molecule has 1 aliphatic heterocycles. The molecular weight excluding hydrogens is 170 g/mol. The molecule has 0 saturated carbocycles. The lowest BCUT2D eigenvalue weighted by molar-refractivity contribution is 1.03. The van der Waals surface area contributed by atoms with Crippen molar-refractivity contribution in [3.05, 3.63) is 29.8 Å². The van der Waals surface area contributed by atoms with E-state index in [9.17, 15) is 0 Å². The van der Waals surface area contributed by atoms with Gasteiger partial charge in [0.25, 0.3) is 0 Å². The third-order valence-electron chi connectivity index (χ3n) is 1.76. The first kappa shape index (κ1) is 12.9. The van der Waals surface area contributed by atoms with E-state index in [1.54, 1.807) is 0 Å². The molecule has 1 aliphatic rings. The highest BCUT2D eigenvalue weighted by Gasteiger charge is 2.01. The SMILES string of the molecule is C1=Nc2ccccc2CC1.CC.CC. The predicted molar refractivity (Wildman–Crippen MR) is 65.6 cm³/mol. The number of fused-ring (bicyclic) bond motifs is 1. The van der Waals surface area contributed by atoms with Crippen molar-refractivity contribution in [3.8, 4) is 0 Å². The highest BCUT2D eigenvalue weighted by Crippen LogP contribution is 2.22. The van der Waals surface area contributed by atoms with E-state index in [-0.39, 0.29) is 0 Å². The van der Waals surface area contributed by atoms with Crippen LogP contribution in [0.25, 0.3) is 0 Å². The fraction of sp³-hybridized carbons (Fsp3) is 0.462. The highest BCUT2D eigenvalue weighted by atomic mass is 14.7. The molecule has 0 saturated heterocycles. The monoisotopic (exact) mass is 191 g/mol. The molecule has 0 aromatic heterocycles. The van der Waals surface area contributed by atoms with E-state index in [0.29, 0.717) is 0 Å². The van der Waals surface area contributed by atoms with Crippen LogP contribution in [0.4, 0.5) is 5.69 Å². The Morgan fingerprint density at radius 3 is 2.29 bits per heavy atom. The van der Waals surface area contributed by atoms with Gasteiger partial charge in [-0.25, -0.2) is 0 Å². The minimum absolute atomic E-state index is 1.09. The van der Waals surface area contributed by atoms with Gasteiger partial charge in [0.15, 0.2) is 0 Å². The Morgan fingerprint density at radius 1 is 1.00 bits per heavy atom. The van der Waals surface area contributed by atoms with Gasteiger partial charge in [0.2, 0.25) is 0 Å². The summed E-state index contributed by atoms with van der Waals surface area (Å²) in [6, 6.07) is 8.30. The first-order chi connectivity index (χ1) is 6.97. The van der Waals surface area contributed by atoms with Gasteiger partial charge in [-0.2, -0.15) is 0 Å². The quantitative estimate of drug-likeness (QED) is 0.577. The molecule has 0 fully saturated rings. The van der Waals surface area contributed by atoms with Crippen LogP contribution in [0.5, 0.6) is 0 Å². The van der Waals surface area contributed by atoms with Crippen molar-refractivity contribution < 1.29 is 0 Å². The molecule has 2 rings (SSSR count). The van der Waals surface area contributed by atoms with Crippen molar-refractivity contribution in [1.82, 2.24) is 0 Å². The van der Waals surface area contributed by atoms with Gasteiger partial charge in [0, 0.05) is 6.21 Å². The number of para-hydroxylation sites is 1. The zero-order valence-electron chi connectivity index (χ0n) is 9.75. The number of hydrogen-bond acceptors (Lipinski definition) is 1. The maximum atomic E-state index is 4.27. The predicted octanol–water partition coefficient (Wildman–Crippen LogP) is 4.39. The van der Waals surface area contributed by atoms with Gasteiger partial charge >= 0.3 is 0 Å². The Balaban J connectivity index is 0.000000379. The standard InChI is InChI=1S/C9H9N.2C2H6/c1-2-6-9-8(4-1)5-3-7-10-9;2*1-2/h1-2,4,6-7H,3,5H2;2*1-2H3. The summed E-state index contributed by atoms with van der Waals surface area (Å²) in [5, 5.41) is 0. The summed E-state index contributed by atoms with van der Waals surface area (Å²) in [7, 11) is 0. The molecule has 14 heavy (non-hydrogen) atoms. The van der Waals surface area contributed by atoms with Crippen LogP contribution >= 0.6 is 0 Å². The minimum atomic E-state index is 1.09. The molecular formula is C13H21N. The highest BCUT2D eigenvalue weighted by molar-refractivity contribution is 5.68. The number of aryl methyl sites for hydroxylation is 1. The lowest BCUT2D eigenvalue weighted by atomic mass is 10.1. The largest absolute Gasteiger partial charge is 0.261 e. The number of rotatable bonds is 0. The van der Waals surface area contributed by atoms with Gasteiger partial charge in [0.05, 0.1) is 5.69 Å². The molecule has 0 aliphatic carbocycles. The molecule has 0 unspecified atom stereocenters.